The van der Waals surface area contributed by atoms with Gasteiger partial charge >= 0.3 is 14.0 Å². The van der Waals surface area contributed by atoms with Crippen molar-refractivity contribution < 1.29 is 0 Å². The van der Waals surface area contributed by atoms with Gasteiger partial charge in [-0.1, -0.05) is 108 Å². The summed E-state index contributed by atoms with van der Waals surface area (Å²) in [5.41, 5.74) is 12.9. The first-order chi connectivity index (χ1) is 25.8. The molecule has 0 radical (unpaired) electrons. The van der Waals surface area contributed by atoms with Gasteiger partial charge in [0, 0.05) is 61.9 Å². The van der Waals surface area contributed by atoms with Crippen LogP contribution in [0.2, 0.25) is 0 Å². The fourth-order valence-electron chi connectivity index (χ4n) is 9.00. The molecule has 6 aliphatic rings. The van der Waals surface area contributed by atoms with Crippen LogP contribution in [0.4, 0.5) is 45.5 Å². The van der Waals surface area contributed by atoms with Crippen LogP contribution in [0.25, 0.3) is 0 Å². The van der Waals surface area contributed by atoms with Crippen molar-refractivity contribution in [2.24, 2.45) is 0 Å². The molecule has 0 aromatic heterocycles. The van der Waals surface area contributed by atoms with E-state index in [0.29, 0.717) is 0 Å². The van der Waals surface area contributed by atoms with Gasteiger partial charge in [-0.2, -0.15) is 0 Å². The van der Waals surface area contributed by atoms with Crippen molar-refractivity contribution in [2.75, 3.05) is 19.2 Å². The summed E-state index contributed by atoms with van der Waals surface area (Å²) >= 11 is 7.62. The number of nitrogens with zero attached hydrogens (tertiary/aromatic N) is 4. The van der Waals surface area contributed by atoms with Gasteiger partial charge in [0.2, 0.25) is 0 Å². The van der Waals surface area contributed by atoms with Gasteiger partial charge in [-0.3, -0.25) is 0 Å². The lowest BCUT2D eigenvalue weighted by atomic mass is 9.60. The predicted molar refractivity (Wildman–Crippen MR) is 221 cm³/mol. The zero-order valence-corrected chi connectivity index (χ0v) is 30.7. The maximum Gasteiger partial charge on any atom is 0.422 e. The van der Waals surface area contributed by atoms with E-state index in [4.69, 9.17) is 0 Å². The SMILES string of the molecule is c1ccc2c(c1)Sc1cc3c(cc1B1N2c2cccc4c2N1c1ccccc1S4)Sc1ccccc1N1B3N2c3ccccc3Sc3cccc1c32. The van der Waals surface area contributed by atoms with Gasteiger partial charge in [-0.15, -0.1) is 0 Å². The second-order valence-corrected chi connectivity index (χ2v) is 18.0. The molecule has 0 saturated heterocycles. The Kier molecular flexibility index (Phi) is 5.79. The van der Waals surface area contributed by atoms with Crippen LogP contribution in [-0.2, 0) is 0 Å². The van der Waals surface area contributed by atoms with Crippen LogP contribution in [0.3, 0.4) is 0 Å². The van der Waals surface area contributed by atoms with E-state index in [1.165, 1.54) is 95.6 Å². The number of anilines is 8. The van der Waals surface area contributed by atoms with Gasteiger partial charge in [0.25, 0.3) is 0 Å². The molecule has 0 fully saturated rings. The summed E-state index contributed by atoms with van der Waals surface area (Å²) in [5.74, 6) is 0. The molecule has 0 spiro atoms. The average Bonchev–Trinajstić information content (AvgIpc) is 3.62. The van der Waals surface area contributed by atoms with Gasteiger partial charge in [0.15, 0.2) is 0 Å². The molecule has 10 heteroatoms. The molecule has 13 rings (SSSR count). The van der Waals surface area contributed by atoms with E-state index in [-0.39, 0.29) is 14.0 Å². The van der Waals surface area contributed by atoms with E-state index < -0.39 is 0 Å². The first kappa shape index (κ1) is 28.8. The Bertz CT molecular complexity index is 2550. The second-order valence-electron chi connectivity index (χ2n) is 13.7. The quantitative estimate of drug-likeness (QED) is 0.141. The van der Waals surface area contributed by atoms with Crippen LogP contribution in [0.1, 0.15) is 0 Å². The zero-order chi connectivity index (χ0) is 33.7. The third-order valence-corrected chi connectivity index (χ3v) is 15.5. The zero-order valence-electron chi connectivity index (χ0n) is 27.4. The Morgan fingerprint density at radius 2 is 0.596 bits per heavy atom. The lowest BCUT2D eigenvalue weighted by Crippen LogP contribution is -2.56. The topological polar surface area (TPSA) is 13.0 Å². The summed E-state index contributed by atoms with van der Waals surface area (Å²) in [6, 6.07) is 54.7. The molecule has 0 saturated carbocycles. The molecule has 7 aromatic rings. The van der Waals surface area contributed by atoms with E-state index >= 15 is 0 Å². The molecule has 242 valence electrons. The third kappa shape index (κ3) is 3.68. The molecule has 0 N–H and O–H groups in total. The highest BCUT2D eigenvalue weighted by molar-refractivity contribution is 8.00. The van der Waals surface area contributed by atoms with Gasteiger partial charge in [-0.25, -0.2) is 0 Å². The van der Waals surface area contributed by atoms with E-state index in [2.05, 4.69) is 165 Å². The number of hydrogen-bond acceptors (Lipinski definition) is 8. The van der Waals surface area contributed by atoms with Crippen LogP contribution < -0.4 is 30.2 Å². The van der Waals surface area contributed by atoms with Crippen molar-refractivity contribution in [1.29, 1.82) is 0 Å². The number of rotatable bonds is 0. The standard InChI is InChI=1S/C42H24B2N4S4/c1-5-17-33-27(11-1)45-31-15-9-21-37-41(31)47(29-13-3-7-19-35(29)49-37)43(45)25-23-40-26(24-39(25)51-33)44-46(28-12-2-6-18-34(28)52-40)32-16-10-22-38-42(32)48(44)30-14-4-8-20-36(30)50-38/h1-24H. The van der Waals surface area contributed by atoms with Crippen LogP contribution >= 0.6 is 47.0 Å². The Morgan fingerprint density at radius 1 is 0.288 bits per heavy atom. The summed E-state index contributed by atoms with van der Waals surface area (Å²) in [7, 11) is 0. The molecule has 0 unspecified atom stereocenters. The first-order valence-electron chi connectivity index (χ1n) is 17.5. The summed E-state index contributed by atoms with van der Waals surface area (Å²) in [5, 5.41) is 0. The summed E-state index contributed by atoms with van der Waals surface area (Å²) < 4.78 is 0. The van der Waals surface area contributed by atoms with Crippen molar-refractivity contribution >= 4 is 117 Å². The van der Waals surface area contributed by atoms with Crippen molar-refractivity contribution in [3.8, 4) is 0 Å². The molecular formula is C42H24B2N4S4. The number of fused-ring (bicyclic) bond motifs is 18. The van der Waals surface area contributed by atoms with Gasteiger partial charge < -0.3 is 19.2 Å². The molecule has 6 aliphatic heterocycles. The molecule has 0 amide bonds. The van der Waals surface area contributed by atoms with Crippen LogP contribution in [-0.4, -0.2) is 14.0 Å². The van der Waals surface area contributed by atoms with E-state index in [9.17, 15) is 0 Å². The van der Waals surface area contributed by atoms with Crippen molar-refractivity contribution in [3.63, 3.8) is 0 Å². The van der Waals surface area contributed by atoms with E-state index in [1.807, 2.05) is 47.0 Å². The first-order valence-corrected chi connectivity index (χ1v) is 20.8. The Hall–Kier alpha value is -4.73. The maximum atomic E-state index is 2.63. The smallest absolute Gasteiger partial charge is 0.359 e. The third-order valence-electron chi connectivity index (χ3n) is 11.0. The molecule has 6 heterocycles. The van der Waals surface area contributed by atoms with E-state index in [0.717, 1.165) is 0 Å². The molecule has 0 aliphatic carbocycles. The number of hydrogen-bond donors (Lipinski definition) is 0. The summed E-state index contributed by atoms with van der Waals surface area (Å²) in [6.45, 7) is -0.0753. The predicted octanol–water partition coefficient (Wildman–Crippen LogP) is 10.9. The van der Waals surface area contributed by atoms with Gasteiger partial charge in [0.05, 0.1) is 22.7 Å². The fraction of sp³-hybridized carbons (Fsp3) is 0. The van der Waals surface area contributed by atoms with Crippen molar-refractivity contribution in [1.82, 2.24) is 0 Å². The molecule has 0 bridgehead atoms. The molecule has 7 aromatic carbocycles. The Balaban J connectivity index is 1.10. The fourth-order valence-corrected chi connectivity index (χ4v) is 13.4. The normalized spacial score (nSPS) is 15.9. The number of para-hydroxylation sites is 6. The summed E-state index contributed by atoms with van der Waals surface area (Å²) in [4.78, 5) is 20.9. The maximum absolute atomic E-state index is 2.63. The highest BCUT2D eigenvalue weighted by atomic mass is 32.2. The van der Waals surface area contributed by atoms with Crippen LogP contribution in [0.15, 0.2) is 185 Å². The molecule has 4 nitrogen and oxygen atoms in total. The largest absolute Gasteiger partial charge is 0.422 e. The van der Waals surface area contributed by atoms with Crippen molar-refractivity contribution in [3.05, 3.63) is 146 Å². The molecule has 0 atom stereocenters. The number of benzene rings is 7. The summed E-state index contributed by atoms with van der Waals surface area (Å²) in [6.07, 6.45) is 0. The minimum absolute atomic E-state index is 0.0376. The minimum Gasteiger partial charge on any atom is -0.359 e. The Labute approximate surface area is 319 Å². The minimum atomic E-state index is -0.0376. The molecule has 52 heavy (non-hydrogen) atoms. The molecular weight excluding hydrogens is 710 g/mol. The van der Waals surface area contributed by atoms with Crippen LogP contribution in [0, 0.1) is 0 Å². The second kappa shape index (κ2) is 10.4. The lowest BCUT2D eigenvalue weighted by Gasteiger charge is -2.35. The highest BCUT2D eigenvalue weighted by Crippen LogP contribution is 2.61. The van der Waals surface area contributed by atoms with Crippen molar-refractivity contribution in [2.45, 2.75) is 39.2 Å². The highest BCUT2D eigenvalue weighted by Gasteiger charge is 2.53. The lowest BCUT2D eigenvalue weighted by molar-refractivity contribution is 1.24. The van der Waals surface area contributed by atoms with Gasteiger partial charge in [0.1, 0.15) is 0 Å². The average molecular weight is 735 g/mol. The Morgan fingerprint density at radius 3 is 1.00 bits per heavy atom. The van der Waals surface area contributed by atoms with E-state index in [1.54, 1.807) is 0 Å². The monoisotopic (exact) mass is 734 g/mol. The van der Waals surface area contributed by atoms with Gasteiger partial charge in [-0.05, 0) is 95.9 Å². The van der Waals surface area contributed by atoms with Crippen LogP contribution in [0.5, 0.6) is 0 Å².